The molecular weight excluding hydrogens is 574 g/mol. The lowest BCUT2D eigenvalue weighted by molar-refractivity contribution is -0.247. The number of nitrogens with two attached hydrogens (primary N) is 1. The molecule has 0 radical (unpaired) electrons. The van der Waals surface area contributed by atoms with Crippen LogP contribution in [0.15, 0.2) is 98.1 Å². The summed E-state index contributed by atoms with van der Waals surface area (Å²) in [6.45, 7) is -0.521. The Labute approximate surface area is 250 Å². The van der Waals surface area contributed by atoms with Crippen LogP contribution in [-0.4, -0.2) is 81.1 Å². The van der Waals surface area contributed by atoms with E-state index < -0.39 is 61.1 Å². The predicted molar refractivity (Wildman–Crippen MR) is 148 cm³/mol. The monoisotopic (exact) mass is 599 g/mol. The highest BCUT2D eigenvalue weighted by Gasteiger charge is 2.51. The minimum Gasteiger partial charge on any atom is -0.459 e. The van der Waals surface area contributed by atoms with Gasteiger partial charge < -0.3 is 29.4 Å². The van der Waals surface area contributed by atoms with Gasteiger partial charge in [0.15, 0.2) is 12.2 Å². The first-order valence-electron chi connectivity index (χ1n) is 13.2. The van der Waals surface area contributed by atoms with Crippen LogP contribution in [0.3, 0.4) is 0 Å². The number of carbonyl (C=O) groups excluding carboxylic acids is 4. The Morgan fingerprint density at radius 3 is 1.45 bits per heavy atom. The lowest BCUT2D eigenvalue weighted by atomic mass is 9.96. The summed E-state index contributed by atoms with van der Waals surface area (Å²) in [6, 6.07) is 10.7. The fraction of sp³-hybridized carbons (Fsp3) is 0.200. The van der Waals surface area contributed by atoms with Crippen molar-refractivity contribution in [2.75, 3.05) is 6.61 Å². The average Bonchev–Trinajstić information content (AvgIpc) is 3.08. The summed E-state index contributed by atoms with van der Waals surface area (Å²) in [5.41, 5.74) is 6.85. The largest absolute Gasteiger partial charge is 0.459 e. The van der Waals surface area contributed by atoms with Crippen LogP contribution >= 0.6 is 0 Å². The van der Waals surface area contributed by atoms with E-state index in [9.17, 15) is 19.2 Å². The Kier molecular flexibility index (Phi) is 9.54. The number of carbonyl (C=O) groups is 4. The van der Waals surface area contributed by atoms with Crippen molar-refractivity contribution in [1.29, 1.82) is 0 Å². The second kappa shape index (κ2) is 14.0. The highest BCUT2D eigenvalue weighted by molar-refractivity contribution is 5.91. The van der Waals surface area contributed by atoms with Crippen LogP contribution in [0, 0.1) is 0 Å². The lowest BCUT2D eigenvalue weighted by Gasteiger charge is -2.43. The first kappa shape index (κ1) is 29.9. The molecule has 5 rings (SSSR count). The molecule has 0 saturated carbocycles. The number of esters is 4. The molecule has 0 aromatic carbocycles. The van der Waals surface area contributed by atoms with E-state index >= 15 is 0 Å². The molecule has 14 heteroatoms. The molecule has 0 bridgehead atoms. The maximum absolute atomic E-state index is 13.2. The van der Waals surface area contributed by atoms with Crippen molar-refractivity contribution >= 4 is 23.9 Å². The van der Waals surface area contributed by atoms with Gasteiger partial charge in [0.25, 0.3) is 0 Å². The zero-order valence-electron chi connectivity index (χ0n) is 22.9. The van der Waals surface area contributed by atoms with Gasteiger partial charge >= 0.3 is 23.9 Å². The predicted octanol–water partition coefficient (Wildman–Crippen LogP) is 1.78. The van der Waals surface area contributed by atoms with E-state index in [1.54, 1.807) is 6.07 Å². The molecule has 14 nitrogen and oxygen atoms in total. The standard InChI is InChI=1S/C30H25N5O9/c31-23-25(43-28(38)20-7-3-11-34-15-20)24(42-27(37)19-6-2-10-33-14-19)22(17-40-26(36)18-5-1-9-32-13-18)41-30(23)44-29(39)21-8-4-12-35-16-21/h1-16,22-25,30H,17,31H2/t22-,23-,24-,25-,30?/m1/s1. The van der Waals surface area contributed by atoms with Gasteiger partial charge in [-0.25, -0.2) is 19.2 Å². The molecule has 0 aliphatic carbocycles. The molecule has 1 aliphatic rings. The van der Waals surface area contributed by atoms with E-state index in [1.807, 2.05) is 0 Å². The van der Waals surface area contributed by atoms with Gasteiger partial charge in [0.1, 0.15) is 18.8 Å². The Morgan fingerprint density at radius 2 is 1.02 bits per heavy atom. The lowest BCUT2D eigenvalue weighted by Crippen LogP contribution is -2.65. The molecule has 224 valence electrons. The highest BCUT2D eigenvalue weighted by Crippen LogP contribution is 2.28. The number of nitrogens with zero attached hydrogens (tertiary/aromatic N) is 4. The third kappa shape index (κ3) is 7.24. The SMILES string of the molecule is N[C@H]1C(OC(=O)c2cccnc2)O[C@H](COC(=O)c2cccnc2)[C@@H](OC(=O)c2cccnc2)[C@@H]1OC(=O)c1cccnc1. The fourth-order valence-corrected chi connectivity index (χ4v) is 4.19. The van der Waals surface area contributed by atoms with Crippen molar-refractivity contribution in [3.05, 3.63) is 120 Å². The van der Waals surface area contributed by atoms with Gasteiger partial charge in [0.2, 0.25) is 6.29 Å². The summed E-state index contributed by atoms with van der Waals surface area (Å²) in [7, 11) is 0. The molecule has 1 aliphatic heterocycles. The minimum atomic E-state index is -1.54. The maximum Gasteiger partial charge on any atom is 0.342 e. The van der Waals surface area contributed by atoms with Crippen molar-refractivity contribution in [3.8, 4) is 0 Å². The van der Waals surface area contributed by atoms with Crippen molar-refractivity contribution in [3.63, 3.8) is 0 Å². The van der Waals surface area contributed by atoms with E-state index in [0.29, 0.717) is 0 Å². The molecule has 5 heterocycles. The van der Waals surface area contributed by atoms with Crippen LogP contribution in [0.2, 0.25) is 0 Å². The number of ether oxygens (including phenoxy) is 5. The molecule has 1 unspecified atom stereocenters. The molecule has 1 saturated heterocycles. The van der Waals surface area contributed by atoms with E-state index in [0.717, 1.165) is 0 Å². The Bertz CT molecular complexity index is 1530. The van der Waals surface area contributed by atoms with Gasteiger partial charge in [-0.1, -0.05) is 0 Å². The Morgan fingerprint density at radius 1 is 0.614 bits per heavy atom. The number of rotatable bonds is 9. The van der Waals surface area contributed by atoms with Crippen LogP contribution < -0.4 is 5.73 Å². The summed E-state index contributed by atoms with van der Waals surface area (Å²) in [6.07, 6.45) is 5.28. The highest BCUT2D eigenvalue weighted by atomic mass is 16.7. The van der Waals surface area contributed by atoms with Gasteiger partial charge in [-0.3, -0.25) is 19.9 Å². The zero-order chi connectivity index (χ0) is 30.9. The molecule has 0 spiro atoms. The molecule has 1 fully saturated rings. The smallest absolute Gasteiger partial charge is 0.342 e. The quantitative estimate of drug-likeness (QED) is 0.216. The van der Waals surface area contributed by atoms with Crippen LogP contribution in [0.1, 0.15) is 41.4 Å². The van der Waals surface area contributed by atoms with E-state index in [2.05, 4.69) is 19.9 Å². The summed E-state index contributed by atoms with van der Waals surface area (Å²) in [5.74, 6) is -3.31. The molecular formula is C30H25N5O9. The number of hydrogen-bond acceptors (Lipinski definition) is 14. The number of hydrogen-bond donors (Lipinski definition) is 1. The van der Waals surface area contributed by atoms with Crippen LogP contribution in [0.5, 0.6) is 0 Å². The van der Waals surface area contributed by atoms with Gasteiger partial charge in [0, 0.05) is 49.6 Å². The third-order valence-corrected chi connectivity index (χ3v) is 6.37. The average molecular weight is 600 g/mol. The van der Waals surface area contributed by atoms with Crippen molar-refractivity contribution in [2.45, 2.75) is 30.6 Å². The first-order valence-corrected chi connectivity index (χ1v) is 13.2. The van der Waals surface area contributed by atoms with Crippen LogP contribution in [0.4, 0.5) is 0 Å². The molecule has 0 amide bonds. The van der Waals surface area contributed by atoms with E-state index in [-0.39, 0.29) is 22.3 Å². The molecule has 5 atom stereocenters. The Balaban J connectivity index is 1.46. The molecule has 2 N–H and O–H groups in total. The van der Waals surface area contributed by atoms with E-state index in [1.165, 1.54) is 92.0 Å². The summed E-state index contributed by atoms with van der Waals surface area (Å²) in [4.78, 5) is 67.6. The molecule has 44 heavy (non-hydrogen) atoms. The van der Waals surface area contributed by atoms with Crippen molar-refractivity contribution in [2.24, 2.45) is 5.73 Å². The molecule has 4 aromatic heterocycles. The summed E-state index contributed by atoms with van der Waals surface area (Å²) >= 11 is 0. The fourth-order valence-electron chi connectivity index (χ4n) is 4.19. The van der Waals surface area contributed by atoms with E-state index in [4.69, 9.17) is 29.4 Å². The topological polar surface area (TPSA) is 192 Å². The van der Waals surface area contributed by atoms with Crippen LogP contribution in [-0.2, 0) is 23.7 Å². The number of aromatic nitrogens is 4. The van der Waals surface area contributed by atoms with Crippen molar-refractivity contribution < 1.29 is 42.9 Å². The second-order valence-electron chi connectivity index (χ2n) is 9.33. The molecule has 4 aromatic rings. The number of pyridine rings is 4. The third-order valence-electron chi connectivity index (χ3n) is 6.37. The van der Waals surface area contributed by atoms with Crippen LogP contribution in [0.25, 0.3) is 0 Å². The van der Waals surface area contributed by atoms with Gasteiger partial charge in [-0.15, -0.1) is 0 Å². The Hall–Kier alpha value is -5.60. The van der Waals surface area contributed by atoms with Gasteiger partial charge in [0.05, 0.1) is 22.3 Å². The maximum atomic E-state index is 13.2. The second-order valence-corrected chi connectivity index (χ2v) is 9.33. The van der Waals surface area contributed by atoms with Crippen molar-refractivity contribution in [1.82, 2.24) is 19.9 Å². The van der Waals surface area contributed by atoms with Gasteiger partial charge in [-0.2, -0.15) is 0 Å². The zero-order valence-corrected chi connectivity index (χ0v) is 22.9. The minimum absolute atomic E-state index is 0.0759. The normalized spacial score (nSPS) is 21.0. The first-order chi connectivity index (χ1) is 21.4. The summed E-state index contributed by atoms with van der Waals surface area (Å²) in [5, 5.41) is 0. The summed E-state index contributed by atoms with van der Waals surface area (Å²) < 4.78 is 28.5. The van der Waals surface area contributed by atoms with Gasteiger partial charge in [-0.05, 0) is 48.5 Å².